The summed E-state index contributed by atoms with van der Waals surface area (Å²) < 4.78 is 0. The number of hydrogen-bond acceptors (Lipinski definition) is 0. The van der Waals surface area contributed by atoms with Crippen LogP contribution < -0.4 is 0 Å². The minimum Gasteiger partial charge on any atom is -0.0924 e. The summed E-state index contributed by atoms with van der Waals surface area (Å²) in [6.07, 6.45) is 0.863. The molecular weight excluding hydrogens is 163 g/mol. The molecule has 0 saturated heterocycles. The summed E-state index contributed by atoms with van der Waals surface area (Å²) in [6, 6.07) is 0. The molecule has 0 N–H and O–H groups in total. The zero-order chi connectivity index (χ0) is 4.99. The van der Waals surface area contributed by atoms with E-state index in [1.807, 2.05) is 0 Å². The van der Waals surface area contributed by atoms with Gasteiger partial charge in [-0.1, -0.05) is 34.1 Å². The van der Waals surface area contributed by atoms with Crippen molar-refractivity contribution in [1.82, 2.24) is 0 Å². The van der Waals surface area contributed by atoms with E-state index in [2.05, 4.69) is 22.5 Å². The molecule has 0 nitrogen and oxygen atoms in total. The Balaban J connectivity index is 2.83. The van der Waals surface area contributed by atoms with E-state index in [0.717, 1.165) is 11.8 Å². The van der Waals surface area contributed by atoms with Crippen molar-refractivity contribution in [3.05, 3.63) is 11.6 Å². The Morgan fingerprint density at radius 3 is 2.33 bits per heavy atom. The smallest absolute Gasteiger partial charge is 0.0117 e. The highest BCUT2D eigenvalue weighted by atomic mass is 79.9. The van der Waals surface area contributed by atoms with Crippen LogP contribution in [0.4, 0.5) is 0 Å². The molecule has 0 fully saturated rings. The fourth-order valence-corrected chi connectivity index (χ4v) is 0.904. The molecule has 0 saturated carbocycles. The lowest BCUT2D eigenvalue weighted by molar-refractivity contribution is 1.24. The van der Waals surface area contributed by atoms with Crippen molar-refractivity contribution in [2.75, 3.05) is 5.33 Å². The number of rotatable bonds is 2. The van der Waals surface area contributed by atoms with E-state index in [9.17, 15) is 0 Å². The fourth-order valence-electron chi connectivity index (χ4n) is 0.103. The lowest BCUT2D eigenvalue weighted by atomic mass is 10.5. The van der Waals surface area contributed by atoms with Gasteiger partial charge in [-0.25, -0.2) is 0 Å². The molecule has 0 rings (SSSR count). The van der Waals surface area contributed by atoms with E-state index in [4.69, 9.17) is 11.6 Å². The molecule has 0 aromatic rings. The minimum absolute atomic E-state index is 0.715. The van der Waals surface area contributed by atoms with Gasteiger partial charge in [-0.05, 0) is 6.42 Å². The molecule has 0 amide bonds. The van der Waals surface area contributed by atoms with Crippen LogP contribution in [-0.4, -0.2) is 5.33 Å². The molecule has 0 radical (unpaired) electrons. The highest BCUT2D eigenvalue weighted by Crippen LogP contribution is 2.03. The van der Waals surface area contributed by atoms with Crippen LogP contribution in [0.1, 0.15) is 6.42 Å². The molecule has 0 atom stereocenters. The van der Waals surface area contributed by atoms with Gasteiger partial charge in [0.2, 0.25) is 0 Å². The molecule has 6 heavy (non-hydrogen) atoms. The van der Waals surface area contributed by atoms with Crippen molar-refractivity contribution in [2.45, 2.75) is 6.42 Å². The third-order valence-corrected chi connectivity index (χ3v) is 0.951. The molecule has 0 aliphatic rings. The topological polar surface area (TPSA) is 0 Å². The van der Waals surface area contributed by atoms with Crippen LogP contribution in [0.5, 0.6) is 0 Å². The Kier molecular flexibility index (Phi) is 4.01. The van der Waals surface area contributed by atoms with Crippen molar-refractivity contribution >= 4 is 27.5 Å². The Bertz CT molecular complexity index is 51.5. The van der Waals surface area contributed by atoms with E-state index in [0.29, 0.717) is 5.03 Å². The maximum absolute atomic E-state index is 5.35. The van der Waals surface area contributed by atoms with Gasteiger partial charge in [-0.3, -0.25) is 0 Å². The van der Waals surface area contributed by atoms with Gasteiger partial charge in [0.1, 0.15) is 0 Å². The highest BCUT2D eigenvalue weighted by Gasteiger charge is 1.80. The first-order valence-electron chi connectivity index (χ1n) is 1.66. The molecule has 0 unspecified atom stereocenters. The second kappa shape index (κ2) is 3.69. The Morgan fingerprint density at radius 2 is 2.33 bits per heavy atom. The zero-order valence-electron chi connectivity index (χ0n) is 3.38. The standard InChI is InChI=1S/C4H6BrCl/c1-4(6)2-3-5/h1-3H2. The van der Waals surface area contributed by atoms with Gasteiger partial charge in [0.05, 0.1) is 0 Å². The molecule has 0 heterocycles. The molecule has 36 valence electrons. The van der Waals surface area contributed by atoms with Crippen molar-refractivity contribution in [1.29, 1.82) is 0 Å². The van der Waals surface area contributed by atoms with Gasteiger partial charge in [0, 0.05) is 10.4 Å². The summed E-state index contributed by atoms with van der Waals surface area (Å²) >= 11 is 8.56. The largest absolute Gasteiger partial charge is 0.0924 e. The Hall–Kier alpha value is 0.510. The van der Waals surface area contributed by atoms with Crippen molar-refractivity contribution in [2.24, 2.45) is 0 Å². The van der Waals surface area contributed by atoms with Crippen LogP contribution in [0.25, 0.3) is 0 Å². The van der Waals surface area contributed by atoms with Crippen molar-refractivity contribution < 1.29 is 0 Å². The predicted molar refractivity (Wildman–Crippen MR) is 33.4 cm³/mol. The average molecular weight is 169 g/mol. The minimum atomic E-state index is 0.715. The second-order valence-electron chi connectivity index (χ2n) is 0.956. The monoisotopic (exact) mass is 168 g/mol. The van der Waals surface area contributed by atoms with Crippen LogP contribution in [0.2, 0.25) is 0 Å². The maximum Gasteiger partial charge on any atom is 0.0117 e. The normalized spacial score (nSPS) is 8.33. The molecule has 0 aromatic carbocycles. The Morgan fingerprint density at radius 1 is 1.83 bits per heavy atom. The Labute approximate surface area is 51.3 Å². The van der Waals surface area contributed by atoms with Crippen molar-refractivity contribution in [3.63, 3.8) is 0 Å². The van der Waals surface area contributed by atoms with Crippen molar-refractivity contribution in [3.8, 4) is 0 Å². The lowest BCUT2D eigenvalue weighted by Crippen LogP contribution is -1.67. The van der Waals surface area contributed by atoms with Crippen LogP contribution in [-0.2, 0) is 0 Å². The van der Waals surface area contributed by atoms with Gasteiger partial charge < -0.3 is 0 Å². The number of allylic oxidation sites excluding steroid dienone is 1. The lowest BCUT2D eigenvalue weighted by Gasteiger charge is -1.83. The number of alkyl halides is 1. The van der Waals surface area contributed by atoms with E-state index in [1.54, 1.807) is 0 Å². The van der Waals surface area contributed by atoms with Gasteiger partial charge in [0.25, 0.3) is 0 Å². The molecule has 0 aromatic heterocycles. The van der Waals surface area contributed by atoms with E-state index in [-0.39, 0.29) is 0 Å². The summed E-state index contributed by atoms with van der Waals surface area (Å²) in [6.45, 7) is 3.48. The first-order chi connectivity index (χ1) is 2.77. The van der Waals surface area contributed by atoms with E-state index in [1.165, 1.54) is 0 Å². The second-order valence-corrected chi connectivity index (χ2v) is 2.28. The quantitative estimate of drug-likeness (QED) is 0.557. The predicted octanol–water partition coefficient (Wildman–Crippen LogP) is 2.52. The fraction of sp³-hybridized carbons (Fsp3) is 0.500. The first kappa shape index (κ1) is 6.51. The SMILES string of the molecule is C=C(Cl)CCBr. The first-order valence-corrected chi connectivity index (χ1v) is 3.16. The summed E-state index contributed by atoms with van der Waals surface area (Å²) in [5, 5.41) is 1.63. The summed E-state index contributed by atoms with van der Waals surface area (Å²) in [7, 11) is 0. The molecule has 2 heteroatoms. The van der Waals surface area contributed by atoms with Crippen LogP contribution in [0.3, 0.4) is 0 Å². The van der Waals surface area contributed by atoms with Crippen LogP contribution >= 0.6 is 27.5 Å². The molecule has 0 spiro atoms. The maximum atomic E-state index is 5.35. The molecule has 0 aliphatic carbocycles. The molecule has 0 aliphatic heterocycles. The molecular formula is C4H6BrCl. The third-order valence-electron chi connectivity index (χ3n) is 0.366. The van der Waals surface area contributed by atoms with Crippen LogP contribution in [0, 0.1) is 0 Å². The van der Waals surface area contributed by atoms with Gasteiger partial charge >= 0.3 is 0 Å². The van der Waals surface area contributed by atoms with E-state index < -0.39 is 0 Å². The van der Waals surface area contributed by atoms with Gasteiger partial charge in [0.15, 0.2) is 0 Å². The summed E-state index contributed by atoms with van der Waals surface area (Å²) in [5.41, 5.74) is 0. The number of hydrogen-bond donors (Lipinski definition) is 0. The van der Waals surface area contributed by atoms with Gasteiger partial charge in [-0.15, -0.1) is 0 Å². The third kappa shape index (κ3) is 4.51. The van der Waals surface area contributed by atoms with E-state index >= 15 is 0 Å². The highest BCUT2D eigenvalue weighted by molar-refractivity contribution is 9.09. The summed E-state index contributed by atoms with van der Waals surface area (Å²) in [4.78, 5) is 0. The molecule has 0 bridgehead atoms. The van der Waals surface area contributed by atoms with Crippen LogP contribution in [0.15, 0.2) is 11.6 Å². The number of halogens is 2. The summed E-state index contributed by atoms with van der Waals surface area (Å²) in [5.74, 6) is 0. The average Bonchev–Trinajstić information content (AvgIpc) is 1.35. The zero-order valence-corrected chi connectivity index (χ0v) is 5.72. The van der Waals surface area contributed by atoms with Gasteiger partial charge in [-0.2, -0.15) is 0 Å².